The van der Waals surface area contributed by atoms with Crippen LogP contribution in [0.3, 0.4) is 0 Å². The molecular formula is C7H14N4. The molecule has 0 spiro atoms. The van der Waals surface area contributed by atoms with Crippen molar-refractivity contribution in [2.75, 3.05) is 5.73 Å². The molecule has 62 valence electrons. The van der Waals surface area contributed by atoms with Gasteiger partial charge in [0.2, 0.25) is 0 Å². The van der Waals surface area contributed by atoms with Crippen molar-refractivity contribution < 1.29 is 0 Å². The van der Waals surface area contributed by atoms with Crippen LogP contribution in [0.25, 0.3) is 0 Å². The number of nitrogens with zero attached hydrogens (tertiary/aromatic N) is 3. The number of hydrogen-bond acceptors (Lipinski definition) is 3. The molecule has 0 saturated carbocycles. The van der Waals surface area contributed by atoms with Crippen LogP contribution in [0.2, 0.25) is 0 Å². The first-order valence-electron chi connectivity index (χ1n) is 3.75. The molecule has 1 heterocycles. The Labute approximate surface area is 66.4 Å². The first kappa shape index (κ1) is 8.04. The van der Waals surface area contributed by atoms with Gasteiger partial charge in [-0.15, -0.1) is 5.10 Å². The molecule has 0 aliphatic carbocycles. The highest BCUT2D eigenvalue weighted by Crippen LogP contribution is 2.10. The van der Waals surface area contributed by atoms with E-state index in [2.05, 4.69) is 24.2 Å². The molecule has 0 aromatic carbocycles. The Bertz CT molecular complexity index is 239. The maximum atomic E-state index is 5.69. The number of nitrogen functional groups attached to an aromatic ring is 1. The molecule has 4 heteroatoms. The largest absolute Gasteiger partial charge is 0.382 e. The second-order valence-corrected chi connectivity index (χ2v) is 3.14. The van der Waals surface area contributed by atoms with Crippen LogP contribution in [0.4, 0.5) is 5.82 Å². The summed E-state index contributed by atoms with van der Waals surface area (Å²) in [5.41, 5.74) is 6.59. The predicted octanol–water partition coefficient (Wildman–Crippen LogP) is 0.596. The molecule has 0 aliphatic rings. The lowest BCUT2D eigenvalue weighted by molar-refractivity contribution is 0.633. The third-order valence-corrected chi connectivity index (χ3v) is 1.55. The first-order valence-corrected chi connectivity index (χ1v) is 3.75. The highest BCUT2D eigenvalue weighted by molar-refractivity contribution is 5.33. The summed E-state index contributed by atoms with van der Waals surface area (Å²) in [6.45, 7) is 4.27. The molecule has 11 heavy (non-hydrogen) atoms. The first-order chi connectivity index (χ1) is 5.11. The van der Waals surface area contributed by atoms with E-state index >= 15 is 0 Å². The van der Waals surface area contributed by atoms with Crippen molar-refractivity contribution >= 4 is 5.82 Å². The number of nitrogens with two attached hydrogens (primary N) is 1. The van der Waals surface area contributed by atoms with Gasteiger partial charge in [0.1, 0.15) is 11.5 Å². The quantitative estimate of drug-likeness (QED) is 0.678. The Kier molecular flexibility index (Phi) is 2.12. The van der Waals surface area contributed by atoms with Crippen LogP contribution in [0.15, 0.2) is 0 Å². The third kappa shape index (κ3) is 1.69. The zero-order valence-electron chi connectivity index (χ0n) is 7.20. The van der Waals surface area contributed by atoms with Crippen LogP contribution in [0.5, 0.6) is 0 Å². The molecule has 0 atom stereocenters. The van der Waals surface area contributed by atoms with Gasteiger partial charge in [0.05, 0.1) is 0 Å². The fraction of sp³-hybridized carbons (Fsp3) is 0.714. The molecule has 0 bridgehead atoms. The second-order valence-electron chi connectivity index (χ2n) is 3.14. The van der Waals surface area contributed by atoms with Gasteiger partial charge in [-0.05, 0) is 12.3 Å². The van der Waals surface area contributed by atoms with E-state index in [1.54, 1.807) is 11.7 Å². The van der Waals surface area contributed by atoms with Gasteiger partial charge < -0.3 is 5.73 Å². The molecule has 0 unspecified atom stereocenters. The van der Waals surface area contributed by atoms with Crippen molar-refractivity contribution in [2.45, 2.75) is 20.3 Å². The van der Waals surface area contributed by atoms with E-state index in [0.29, 0.717) is 11.7 Å². The molecule has 2 N–H and O–H groups in total. The van der Waals surface area contributed by atoms with E-state index in [4.69, 9.17) is 5.73 Å². The molecule has 4 nitrogen and oxygen atoms in total. The van der Waals surface area contributed by atoms with E-state index in [1.807, 2.05) is 0 Å². The van der Waals surface area contributed by atoms with Gasteiger partial charge in [0, 0.05) is 7.05 Å². The van der Waals surface area contributed by atoms with Crippen LogP contribution in [-0.2, 0) is 13.5 Å². The number of anilines is 1. The average Bonchev–Trinajstić information content (AvgIpc) is 2.18. The molecule has 0 amide bonds. The van der Waals surface area contributed by atoms with Gasteiger partial charge in [0.15, 0.2) is 0 Å². The van der Waals surface area contributed by atoms with Crippen molar-refractivity contribution in [2.24, 2.45) is 13.0 Å². The zero-order valence-corrected chi connectivity index (χ0v) is 7.20. The van der Waals surface area contributed by atoms with Crippen molar-refractivity contribution in [3.63, 3.8) is 0 Å². The Balaban J connectivity index is 2.79. The summed E-state index contributed by atoms with van der Waals surface area (Å²) in [5.74, 6) is 1.26. The van der Waals surface area contributed by atoms with Gasteiger partial charge in [-0.25, -0.2) is 4.68 Å². The smallest absolute Gasteiger partial charge is 0.145 e. The molecular weight excluding hydrogens is 140 g/mol. The molecule has 1 aromatic heterocycles. The maximum Gasteiger partial charge on any atom is 0.145 e. The lowest BCUT2D eigenvalue weighted by Crippen LogP contribution is -2.01. The standard InChI is InChI=1S/C7H14N4/c1-5(2)4-6-7(8)11(3)10-9-6/h5H,4,8H2,1-3H3. The molecule has 0 aliphatic heterocycles. The zero-order chi connectivity index (χ0) is 8.43. The molecule has 0 saturated heterocycles. The third-order valence-electron chi connectivity index (χ3n) is 1.55. The minimum Gasteiger partial charge on any atom is -0.382 e. The maximum absolute atomic E-state index is 5.69. The fourth-order valence-corrected chi connectivity index (χ4v) is 0.939. The second kappa shape index (κ2) is 2.90. The van der Waals surface area contributed by atoms with Crippen LogP contribution in [-0.4, -0.2) is 15.0 Å². The van der Waals surface area contributed by atoms with Gasteiger partial charge >= 0.3 is 0 Å². The topological polar surface area (TPSA) is 56.7 Å². The van der Waals surface area contributed by atoms with Crippen molar-refractivity contribution in [3.8, 4) is 0 Å². The molecule has 1 aromatic rings. The minimum absolute atomic E-state index is 0.578. The summed E-state index contributed by atoms with van der Waals surface area (Å²) < 4.78 is 1.59. The highest BCUT2D eigenvalue weighted by atomic mass is 15.4. The fourth-order valence-electron chi connectivity index (χ4n) is 0.939. The lowest BCUT2D eigenvalue weighted by Gasteiger charge is -2.00. The Morgan fingerprint density at radius 2 is 2.18 bits per heavy atom. The van der Waals surface area contributed by atoms with Gasteiger partial charge in [-0.2, -0.15) is 0 Å². The van der Waals surface area contributed by atoms with Crippen LogP contribution < -0.4 is 5.73 Å². The van der Waals surface area contributed by atoms with Gasteiger partial charge in [0.25, 0.3) is 0 Å². The van der Waals surface area contributed by atoms with Crippen molar-refractivity contribution in [3.05, 3.63) is 5.69 Å². The Morgan fingerprint density at radius 1 is 1.55 bits per heavy atom. The van der Waals surface area contributed by atoms with Crippen molar-refractivity contribution in [1.82, 2.24) is 15.0 Å². The monoisotopic (exact) mass is 154 g/mol. The lowest BCUT2D eigenvalue weighted by atomic mass is 10.1. The normalized spacial score (nSPS) is 10.9. The average molecular weight is 154 g/mol. The van der Waals surface area contributed by atoms with Gasteiger partial charge in [-0.1, -0.05) is 19.1 Å². The van der Waals surface area contributed by atoms with Crippen molar-refractivity contribution in [1.29, 1.82) is 0 Å². The number of aryl methyl sites for hydroxylation is 1. The van der Waals surface area contributed by atoms with E-state index < -0.39 is 0 Å². The van der Waals surface area contributed by atoms with Crippen LogP contribution in [0, 0.1) is 5.92 Å². The number of hydrogen-bond donors (Lipinski definition) is 1. The van der Waals surface area contributed by atoms with E-state index in [9.17, 15) is 0 Å². The Hall–Kier alpha value is -1.06. The summed E-state index contributed by atoms with van der Waals surface area (Å²) in [6, 6.07) is 0. The minimum atomic E-state index is 0.578. The number of rotatable bonds is 2. The van der Waals surface area contributed by atoms with Crippen LogP contribution in [0.1, 0.15) is 19.5 Å². The summed E-state index contributed by atoms with van der Waals surface area (Å²) in [6.07, 6.45) is 0.902. The number of aromatic nitrogens is 3. The molecule has 1 rings (SSSR count). The summed E-state index contributed by atoms with van der Waals surface area (Å²) in [7, 11) is 1.80. The highest BCUT2D eigenvalue weighted by Gasteiger charge is 2.07. The van der Waals surface area contributed by atoms with Gasteiger partial charge in [-0.3, -0.25) is 0 Å². The Morgan fingerprint density at radius 3 is 2.55 bits per heavy atom. The summed E-state index contributed by atoms with van der Waals surface area (Å²) in [4.78, 5) is 0. The van der Waals surface area contributed by atoms with E-state index in [1.165, 1.54) is 0 Å². The predicted molar refractivity (Wildman–Crippen MR) is 44.0 cm³/mol. The van der Waals surface area contributed by atoms with E-state index in [-0.39, 0.29) is 0 Å². The van der Waals surface area contributed by atoms with E-state index in [0.717, 1.165) is 12.1 Å². The summed E-state index contributed by atoms with van der Waals surface area (Å²) >= 11 is 0. The molecule has 0 radical (unpaired) electrons. The SMILES string of the molecule is CC(C)Cc1nnn(C)c1N. The molecule has 0 fully saturated rings. The van der Waals surface area contributed by atoms with Crippen LogP contribution >= 0.6 is 0 Å². The summed E-state index contributed by atoms with van der Waals surface area (Å²) in [5, 5.41) is 7.75.